The van der Waals surface area contributed by atoms with Gasteiger partial charge >= 0.3 is 7.60 Å². The van der Waals surface area contributed by atoms with Gasteiger partial charge < -0.3 is 24.5 Å². The molecule has 0 aliphatic rings. The van der Waals surface area contributed by atoms with E-state index < -0.39 is 18.9 Å². The van der Waals surface area contributed by atoms with Crippen molar-refractivity contribution in [3.05, 3.63) is 29.6 Å². The van der Waals surface area contributed by atoms with Crippen molar-refractivity contribution in [2.24, 2.45) is 5.41 Å². The predicted molar refractivity (Wildman–Crippen MR) is 102 cm³/mol. The molecule has 146 valence electrons. The molecule has 7 nitrogen and oxygen atoms in total. The topological polar surface area (TPSA) is 115 Å². The van der Waals surface area contributed by atoms with Gasteiger partial charge in [-0.05, 0) is 35.6 Å². The number of rotatable bonds is 4. The molecule has 27 heavy (non-hydrogen) atoms. The van der Waals surface area contributed by atoms with Gasteiger partial charge in [0.05, 0.1) is 11.2 Å². The van der Waals surface area contributed by atoms with E-state index in [-0.39, 0.29) is 16.9 Å². The predicted octanol–water partition coefficient (Wildman–Crippen LogP) is 3.43. The Kier molecular flexibility index (Phi) is 4.70. The highest BCUT2D eigenvalue weighted by atomic mass is 31.2. The number of anilines is 1. The molecule has 2 heterocycles. The molecule has 0 radical (unpaired) electrons. The number of benzene rings is 1. The van der Waals surface area contributed by atoms with Crippen molar-refractivity contribution in [1.29, 1.82) is 0 Å². The molecule has 0 fully saturated rings. The van der Waals surface area contributed by atoms with Gasteiger partial charge in [-0.3, -0.25) is 4.57 Å². The van der Waals surface area contributed by atoms with Crippen LogP contribution in [0.5, 0.6) is 0 Å². The molecule has 0 saturated carbocycles. The standard InChI is InChI=1S/C18H23FN3O4P/c1-5-10-8-11(19)14(20)15-16(10)22(9-18(2,3)4)17(21-15)12-6-7-13(26-12)27(23,24)25/h6-8H,5,9,20H2,1-4H3,(H2,23,24,25). The van der Waals surface area contributed by atoms with Crippen LogP contribution in [0.25, 0.3) is 22.6 Å². The van der Waals surface area contributed by atoms with Crippen molar-refractivity contribution < 1.29 is 23.2 Å². The van der Waals surface area contributed by atoms with Gasteiger partial charge in [-0.2, -0.15) is 0 Å². The minimum Gasteiger partial charge on any atom is -0.445 e. The second kappa shape index (κ2) is 6.48. The lowest BCUT2D eigenvalue weighted by Gasteiger charge is -2.21. The molecule has 0 atom stereocenters. The summed E-state index contributed by atoms with van der Waals surface area (Å²) in [6.45, 7) is 8.58. The third-order valence-corrected chi connectivity index (χ3v) is 5.01. The summed E-state index contributed by atoms with van der Waals surface area (Å²) in [5.41, 5.74) is 7.07. The van der Waals surface area contributed by atoms with Crippen molar-refractivity contribution >= 4 is 29.8 Å². The lowest BCUT2D eigenvalue weighted by atomic mass is 9.96. The summed E-state index contributed by atoms with van der Waals surface area (Å²) in [6, 6.07) is 4.08. The van der Waals surface area contributed by atoms with Crippen LogP contribution in [0, 0.1) is 11.2 Å². The molecule has 0 aliphatic carbocycles. The maximum Gasteiger partial charge on any atom is 0.391 e. The second-order valence-electron chi connectivity index (χ2n) is 7.75. The number of nitrogens with two attached hydrogens (primary N) is 1. The minimum absolute atomic E-state index is 0.0575. The number of aryl methyl sites for hydroxylation is 1. The quantitative estimate of drug-likeness (QED) is 0.461. The van der Waals surface area contributed by atoms with Gasteiger partial charge in [0, 0.05) is 6.54 Å². The second-order valence-corrected chi connectivity index (χ2v) is 9.27. The van der Waals surface area contributed by atoms with E-state index in [1.807, 2.05) is 32.3 Å². The Bertz CT molecular complexity index is 1060. The van der Waals surface area contributed by atoms with E-state index in [4.69, 9.17) is 10.2 Å². The Morgan fingerprint density at radius 3 is 2.52 bits per heavy atom. The van der Waals surface area contributed by atoms with Crippen LogP contribution in [-0.4, -0.2) is 19.3 Å². The third kappa shape index (κ3) is 3.65. The van der Waals surface area contributed by atoms with Gasteiger partial charge in [-0.15, -0.1) is 0 Å². The molecule has 9 heteroatoms. The Morgan fingerprint density at radius 2 is 2.00 bits per heavy atom. The Hall–Kier alpha value is -2.15. The fourth-order valence-corrected chi connectivity index (χ4v) is 3.55. The summed E-state index contributed by atoms with van der Waals surface area (Å²) in [7, 11) is -4.53. The van der Waals surface area contributed by atoms with E-state index in [0.717, 1.165) is 5.56 Å². The first-order valence-electron chi connectivity index (χ1n) is 8.55. The molecule has 1 aromatic carbocycles. The maximum absolute atomic E-state index is 14.2. The summed E-state index contributed by atoms with van der Waals surface area (Å²) in [6.07, 6.45) is 0.578. The largest absolute Gasteiger partial charge is 0.445 e. The SMILES string of the molecule is CCc1cc(F)c(N)c2nc(-c3ccc(P(=O)(O)O)o3)n(CC(C)(C)C)c12. The number of hydrogen-bond acceptors (Lipinski definition) is 4. The number of nitrogen functional groups attached to an aromatic ring is 1. The fraction of sp³-hybridized carbons (Fsp3) is 0.389. The summed E-state index contributed by atoms with van der Waals surface area (Å²) >= 11 is 0. The van der Waals surface area contributed by atoms with Crippen LogP contribution in [0.4, 0.5) is 10.1 Å². The summed E-state index contributed by atoms with van der Waals surface area (Å²) < 4.78 is 33.0. The van der Waals surface area contributed by atoms with Crippen LogP contribution in [-0.2, 0) is 17.5 Å². The molecular formula is C18H23FN3O4P. The zero-order valence-electron chi connectivity index (χ0n) is 15.7. The van der Waals surface area contributed by atoms with Crippen LogP contribution < -0.4 is 11.2 Å². The monoisotopic (exact) mass is 395 g/mol. The lowest BCUT2D eigenvalue weighted by Crippen LogP contribution is -2.17. The number of nitrogens with zero attached hydrogens (tertiary/aromatic N) is 2. The maximum atomic E-state index is 14.2. The average Bonchev–Trinajstić information content (AvgIpc) is 3.14. The van der Waals surface area contributed by atoms with Crippen LogP contribution in [0.15, 0.2) is 22.6 Å². The molecule has 3 rings (SSSR count). The Morgan fingerprint density at radius 1 is 1.33 bits per heavy atom. The first kappa shape index (κ1) is 19.6. The molecule has 4 N–H and O–H groups in total. The van der Waals surface area contributed by atoms with E-state index >= 15 is 0 Å². The molecule has 3 aromatic rings. The zero-order valence-corrected chi connectivity index (χ0v) is 16.5. The zero-order chi connectivity index (χ0) is 20.1. The Labute approximate surface area is 156 Å². The van der Waals surface area contributed by atoms with Crippen LogP contribution in [0.1, 0.15) is 33.3 Å². The third-order valence-electron chi connectivity index (χ3n) is 4.20. The van der Waals surface area contributed by atoms with Crippen molar-refractivity contribution in [3.63, 3.8) is 0 Å². The highest BCUT2D eigenvalue weighted by molar-refractivity contribution is 7.59. The van der Waals surface area contributed by atoms with E-state index in [0.29, 0.717) is 29.8 Å². The number of hydrogen-bond donors (Lipinski definition) is 3. The van der Waals surface area contributed by atoms with E-state index in [1.54, 1.807) is 0 Å². The number of aromatic nitrogens is 2. The molecule has 0 aliphatic heterocycles. The summed E-state index contributed by atoms with van der Waals surface area (Å²) in [5, 5.41) is 0. The molecular weight excluding hydrogens is 372 g/mol. The lowest BCUT2D eigenvalue weighted by molar-refractivity contribution is 0.348. The molecule has 0 bridgehead atoms. The first-order valence-corrected chi connectivity index (χ1v) is 10.2. The summed E-state index contributed by atoms with van der Waals surface area (Å²) in [4.78, 5) is 23.1. The highest BCUT2D eigenvalue weighted by Crippen LogP contribution is 2.38. The average molecular weight is 395 g/mol. The number of fused-ring (bicyclic) bond motifs is 1. The fourth-order valence-electron chi connectivity index (χ4n) is 3.07. The van der Waals surface area contributed by atoms with E-state index in [1.165, 1.54) is 18.2 Å². The van der Waals surface area contributed by atoms with Crippen molar-refractivity contribution in [3.8, 4) is 11.6 Å². The van der Waals surface area contributed by atoms with Gasteiger partial charge in [-0.1, -0.05) is 27.7 Å². The first-order chi connectivity index (χ1) is 12.4. The minimum atomic E-state index is -4.53. The number of furan rings is 1. The molecule has 0 saturated heterocycles. The molecule has 0 amide bonds. The summed E-state index contributed by atoms with van der Waals surface area (Å²) in [5.74, 6) is 0.00363. The van der Waals surface area contributed by atoms with Crippen molar-refractivity contribution in [2.75, 3.05) is 5.73 Å². The molecule has 0 spiro atoms. The van der Waals surface area contributed by atoms with Crippen LogP contribution in [0.3, 0.4) is 0 Å². The van der Waals surface area contributed by atoms with Gasteiger partial charge in [0.2, 0.25) is 5.50 Å². The Balaban J connectivity index is 2.35. The normalized spacial score (nSPS) is 12.9. The van der Waals surface area contributed by atoms with E-state index in [9.17, 15) is 18.7 Å². The highest BCUT2D eigenvalue weighted by Gasteiger charge is 2.27. The number of halogens is 1. The van der Waals surface area contributed by atoms with E-state index in [2.05, 4.69) is 4.98 Å². The number of imidazole rings is 1. The van der Waals surface area contributed by atoms with Crippen LogP contribution in [0.2, 0.25) is 0 Å². The smallest absolute Gasteiger partial charge is 0.391 e. The molecule has 2 aromatic heterocycles. The van der Waals surface area contributed by atoms with Crippen LogP contribution >= 0.6 is 7.60 Å². The van der Waals surface area contributed by atoms with Crippen molar-refractivity contribution in [2.45, 2.75) is 40.7 Å². The van der Waals surface area contributed by atoms with Gasteiger partial charge in [0.1, 0.15) is 11.3 Å². The van der Waals surface area contributed by atoms with Gasteiger partial charge in [0.15, 0.2) is 11.6 Å². The van der Waals surface area contributed by atoms with Gasteiger partial charge in [-0.25, -0.2) is 9.37 Å². The van der Waals surface area contributed by atoms with Crippen molar-refractivity contribution in [1.82, 2.24) is 9.55 Å². The molecule has 0 unspecified atom stereocenters. The van der Waals surface area contributed by atoms with Gasteiger partial charge in [0.25, 0.3) is 0 Å².